The first kappa shape index (κ1) is 5.04. The summed E-state index contributed by atoms with van der Waals surface area (Å²) in [5.74, 6) is 0.797. The molecule has 2 radical (unpaired) electrons. The Labute approximate surface area is 55.5 Å². The van der Waals surface area contributed by atoms with Crippen LogP contribution in [0.1, 0.15) is 24.3 Å². The second-order valence-corrected chi connectivity index (χ2v) is 2.50. The monoisotopic (exact) mass is 116 g/mol. The molecule has 1 aliphatic carbocycles. The van der Waals surface area contributed by atoms with Gasteiger partial charge in [0, 0.05) is 0 Å². The van der Waals surface area contributed by atoms with Crippen molar-refractivity contribution >= 4 is 0 Å². The maximum atomic E-state index is 3.17. The van der Waals surface area contributed by atoms with Crippen LogP contribution in [0.2, 0.25) is 0 Å². The van der Waals surface area contributed by atoms with E-state index < -0.39 is 0 Å². The Morgan fingerprint density at radius 2 is 1.89 bits per heavy atom. The summed E-state index contributed by atoms with van der Waals surface area (Å²) in [6, 6.07) is 12.2. The van der Waals surface area contributed by atoms with Gasteiger partial charge in [-0.25, -0.2) is 0 Å². The van der Waals surface area contributed by atoms with Crippen molar-refractivity contribution in [1.29, 1.82) is 0 Å². The molecule has 44 valence electrons. The molecule has 0 saturated heterocycles. The summed E-state index contributed by atoms with van der Waals surface area (Å²) in [6.07, 6.45) is 2.69. The predicted octanol–water partition coefficient (Wildman–Crippen LogP) is 2.16. The zero-order valence-corrected chi connectivity index (χ0v) is 5.22. The van der Waals surface area contributed by atoms with Gasteiger partial charge in [0.1, 0.15) is 0 Å². The zero-order chi connectivity index (χ0) is 6.10. The van der Waals surface area contributed by atoms with Crippen LogP contribution in [0, 0.1) is 12.1 Å². The van der Waals surface area contributed by atoms with Crippen LogP contribution in [0.3, 0.4) is 0 Å². The van der Waals surface area contributed by atoms with Crippen LogP contribution in [-0.2, 0) is 0 Å². The quantitative estimate of drug-likeness (QED) is 0.527. The van der Waals surface area contributed by atoms with Crippen molar-refractivity contribution in [3.05, 3.63) is 35.9 Å². The van der Waals surface area contributed by atoms with Crippen molar-refractivity contribution < 1.29 is 0 Å². The Hall–Kier alpha value is -0.780. The summed E-state index contributed by atoms with van der Waals surface area (Å²) < 4.78 is 0. The Balaban J connectivity index is 2.29. The first-order chi connectivity index (χ1) is 4.47. The van der Waals surface area contributed by atoms with E-state index in [1.54, 1.807) is 0 Å². The summed E-state index contributed by atoms with van der Waals surface area (Å²) in [6.45, 7) is 0. The van der Waals surface area contributed by atoms with E-state index in [0.717, 1.165) is 5.92 Å². The molecule has 0 aromatic heterocycles. The van der Waals surface area contributed by atoms with E-state index in [-0.39, 0.29) is 0 Å². The molecule has 0 unspecified atom stereocenters. The average molecular weight is 116 g/mol. The van der Waals surface area contributed by atoms with E-state index in [1.807, 2.05) is 18.2 Å². The third-order valence-corrected chi connectivity index (χ3v) is 1.66. The smallest absolute Gasteiger partial charge is 0.0140 e. The molecule has 0 nitrogen and oxygen atoms in total. The molecule has 0 bridgehead atoms. The summed E-state index contributed by atoms with van der Waals surface area (Å²) in [7, 11) is 0. The van der Waals surface area contributed by atoms with Crippen LogP contribution in [0.4, 0.5) is 0 Å². The highest BCUT2D eigenvalue weighted by Gasteiger charge is 2.22. The molecule has 0 heteroatoms. The van der Waals surface area contributed by atoms with Gasteiger partial charge in [-0.2, -0.15) is 0 Å². The first-order valence-corrected chi connectivity index (χ1v) is 3.35. The highest BCUT2D eigenvalue weighted by Crippen LogP contribution is 2.39. The Morgan fingerprint density at radius 3 is 2.44 bits per heavy atom. The van der Waals surface area contributed by atoms with Crippen molar-refractivity contribution in [3.8, 4) is 0 Å². The molecule has 1 aliphatic rings. The fourth-order valence-corrected chi connectivity index (χ4v) is 0.973. The van der Waals surface area contributed by atoms with E-state index in [0.29, 0.717) is 0 Å². The van der Waals surface area contributed by atoms with Crippen molar-refractivity contribution in [2.45, 2.75) is 18.8 Å². The van der Waals surface area contributed by atoms with Crippen molar-refractivity contribution in [2.75, 3.05) is 0 Å². The third kappa shape index (κ3) is 0.973. The first-order valence-electron chi connectivity index (χ1n) is 3.35. The van der Waals surface area contributed by atoms with Gasteiger partial charge in [-0.1, -0.05) is 18.2 Å². The fourth-order valence-electron chi connectivity index (χ4n) is 0.973. The molecular formula is C9H8. The highest BCUT2D eigenvalue weighted by molar-refractivity contribution is 5.20. The molecule has 0 aliphatic heterocycles. The van der Waals surface area contributed by atoms with Crippen LogP contribution >= 0.6 is 0 Å². The lowest BCUT2D eigenvalue weighted by Crippen LogP contribution is -1.75. The fraction of sp³-hybridized carbons (Fsp3) is 0.333. The van der Waals surface area contributed by atoms with Gasteiger partial charge >= 0.3 is 0 Å². The number of hydrogen-bond acceptors (Lipinski definition) is 0. The summed E-state index contributed by atoms with van der Waals surface area (Å²) in [5.41, 5.74) is 1.28. The molecule has 1 aromatic carbocycles. The van der Waals surface area contributed by atoms with Gasteiger partial charge in [-0.15, -0.1) is 0 Å². The molecule has 1 aromatic rings. The molecule has 0 heterocycles. The lowest BCUT2D eigenvalue weighted by Gasteiger charge is -1.90. The maximum Gasteiger partial charge on any atom is -0.0140 e. The molecule has 2 rings (SSSR count). The van der Waals surface area contributed by atoms with Crippen molar-refractivity contribution in [1.82, 2.24) is 0 Å². The number of hydrogen-bond donors (Lipinski definition) is 0. The van der Waals surface area contributed by atoms with Gasteiger partial charge in [0.05, 0.1) is 0 Å². The lowest BCUT2D eigenvalue weighted by molar-refractivity contribution is 1.12. The van der Waals surface area contributed by atoms with Crippen LogP contribution < -0.4 is 0 Å². The lowest BCUT2D eigenvalue weighted by atomic mass is 10.1. The molecular weight excluding hydrogens is 108 g/mol. The molecule has 0 atom stereocenters. The predicted molar refractivity (Wildman–Crippen MR) is 36.1 cm³/mol. The second-order valence-electron chi connectivity index (χ2n) is 2.50. The summed E-state index contributed by atoms with van der Waals surface area (Å²) in [5, 5.41) is 0. The summed E-state index contributed by atoms with van der Waals surface area (Å²) >= 11 is 0. The van der Waals surface area contributed by atoms with E-state index in [1.165, 1.54) is 18.4 Å². The number of rotatable bonds is 1. The van der Waals surface area contributed by atoms with E-state index in [4.69, 9.17) is 0 Å². The topological polar surface area (TPSA) is 0 Å². The maximum absolute atomic E-state index is 3.17. The summed E-state index contributed by atoms with van der Waals surface area (Å²) in [4.78, 5) is 0. The van der Waals surface area contributed by atoms with E-state index in [2.05, 4.69) is 12.1 Å². The standard InChI is InChI=1S/C9H8/c1-2-4-8(5-3-1)9-6-7-9/h1-3,9H,6-7H2. The molecule has 0 N–H and O–H groups in total. The average Bonchev–Trinajstić information content (AvgIpc) is 2.71. The van der Waals surface area contributed by atoms with Crippen molar-refractivity contribution in [2.24, 2.45) is 0 Å². The minimum absolute atomic E-state index is 0.797. The van der Waals surface area contributed by atoms with Gasteiger partial charge in [0.15, 0.2) is 0 Å². The molecule has 0 spiro atoms. The molecule has 1 saturated carbocycles. The van der Waals surface area contributed by atoms with Crippen LogP contribution in [0.25, 0.3) is 0 Å². The van der Waals surface area contributed by atoms with E-state index >= 15 is 0 Å². The van der Waals surface area contributed by atoms with Gasteiger partial charge in [-0.05, 0) is 36.5 Å². The van der Waals surface area contributed by atoms with E-state index in [9.17, 15) is 0 Å². The SMILES string of the molecule is [c]1ccc[c]c1C1CC1. The normalized spacial score (nSPS) is 17.8. The van der Waals surface area contributed by atoms with Gasteiger partial charge in [-0.3, -0.25) is 0 Å². The van der Waals surface area contributed by atoms with Crippen LogP contribution in [0.15, 0.2) is 18.2 Å². The molecule has 1 fully saturated rings. The third-order valence-electron chi connectivity index (χ3n) is 1.66. The Kier molecular flexibility index (Phi) is 1.05. The van der Waals surface area contributed by atoms with Gasteiger partial charge < -0.3 is 0 Å². The van der Waals surface area contributed by atoms with Crippen molar-refractivity contribution in [3.63, 3.8) is 0 Å². The largest absolute Gasteiger partial charge is 0.0610 e. The zero-order valence-electron chi connectivity index (χ0n) is 5.22. The second kappa shape index (κ2) is 1.87. The Morgan fingerprint density at radius 1 is 1.22 bits per heavy atom. The number of benzene rings is 1. The Bertz CT molecular complexity index is 184. The molecule has 9 heavy (non-hydrogen) atoms. The molecule has 0 amide bonds. The highest BCUT2D eigenvalue weighted by atomic mass is 14.3. The minimum atomic E-state index is 0.797. The van der Waals surface area contributed by atoms with Gasteiger partial charge in [0.25, 0.3) is 0 Å². The van der Waals surface area contributed by atoms with Crippen LogP contribution in [0.5, 0.6) is 0 Å². The minimum Gasteiger partial charge on any atom is -0.0610 e. The van der Waals surface area contributed by atoms with Crippen LogP contribution in [-0.4, -0.2) is 0 Å². The van der Waals surface area contributed by atoms with Gasteiger partial charge in [0.2, 0.25) is 0 Å².